The first-order valence-corrected chi connectivity index (χ1v) is 5.48. The van der Waals surface area contributed by atoms with Crippen LogP contribution in [0.2, 0.25) is 0 Å². The van der Waals surface area contributed by atoms with Gasteiger partial charge in [-0.1, -0.05) is 0 Å². The monoisotopic (exact) mass is 989 g/mol. The van der Waals surface area contributed by atoms with Crippen molar-refractivity contribution >= 4 is 0 Å². The summed E-state index contributed by atoms with van der Waals surface area (Å²) in [5, 5.41) is 148. The van der Waals surface area contributed by atoms with Crippen molar-refractivity contribution < 1.29 is 154 Å². The molecule has 43 heavy (non-hydrogen) atoms. The van der Waals surface area contributed by atoms with Gasteiger partial charge in [-0.15, -0.1) is 0 Å². The van der Waals surface area contributed by atoms with E-state index < -0.39 is 50.9 Å². The third-order valence-electron chi connectivity index (χ3n) is 0. The van der Waals surface area contributed by atoms with Gasteiger partial charge in [-0.05, 0) is 0 Å². The fraction of sp³-hybridized carbons (Fsp3) is 0. The largest absolute Gasteiger partial charge is 4.00 e. The third-order valence-corrected chi connectivity index (χ3v) is 0. The number of rotatable bonds is 0. The minimum atomic E-state index is -1.75. The van der Waals surface area contributed by atoms with Gasteiger partial charge < -0.3 is 153 Å². The predicted octanol–water partition coefficient (Wildman–Crippen LogP) is -2.39. The average molecular weight is 990 g/mol. The minimum absolute atomic E-state index is 0. The van der Waals surface area contributed by atoms with Crippen LogP contribution < -0.4 is 0 Å². The maximum absolute atomic E-state index is 8.25. The van der Waals surface area contributed by atoms with E-state index in [9.17, 15) is 0 Å². The fourth-order valence-corrected chi connectivity index (χ4v) is 0. The Kier molecular flexibility index (Phi) is 149. The summed E-state index contributed by atoms with van der Waals surface area (Å²) in [5.41, 5.74) is 0. The molecule has 43 heteroatoms. The van der Waals surface area contributed by atoms with Crippen molar-refractivity contribution in [1.29, 1.82) is 0 Å². The van der Waals surface area contributed by atoms with Gasteiger partial charge in [0.1, 0.15) is 0 Å². The van der Waals surface area contributed by atoms with Gasteiger partial charge in [0, 0.05) is 0 Å². The van der Waals surface area contributed by atoms with Gasteiger partial charge in [0.25, 0.3) is 0 Å². The Morgan fingerprint density at radius 3 is 0.209 bits per heavy atom. The standard InChI is InChI=1S/Ce.La.10NO3.Zr/c;;10*2-1(3)4;/q2*+3;10*-1;+4. The van der Waals surface area contributed by atoms with E-state index in [1.165, 1.54) is 0 Å². The quantitative estimate of drug-likeness (QED) is 0.180. The van der Waals surface area contributed by atoms with Gasteiger partial charge in [0.2, 0.25) is 0 Å². The molecule has 0 rings (SSSR count). The van der Waals surface area contributed by atoms with Gasteiger partial charge in [-0.2, -0.15) is 0 Å². The zero-order chi connectivity index (χ0) is 35.8. The number of hydrogen-bond donors (Lipinski definition) is 0. The number of nitrogens with zero attached hydrogens (tertiary/aromatic N) is 10. The third kappa shape index (κ3) is 2280. The van der Waals surface area contributed by atoms with Gasteiger partial charge in [0.15, 0.2) is 0 Å². The van der Waals surface area contributed by atoms with Crippen LogP contribution in [0.1, 0.15) is 0 Å². The van der Waals surface area contributed by atoms with Gasteiger partial charge >= 0.3 is 104 Å². The molecule has 0 aliphatic carbocycles. The van der Waals surface area contributed by atoms with Crippen LogP contribution in [0.15, 0.2) is 0 Å². The average Bonchev–Trinajstić information content (AvgIpc) is 2.47. The van der Waals surface area contributed by atoms with Crippen LogP contribution in [0, 0.1) is 231 Å². The zero-order valence-corrected chi connectivity index (χ0v) is 27.5. The van der Waals surface area contributed by atoms with Crippen LogP contribution in [0.25, 0.3) is 0 Å². The van der Waals surface area contributed by atoms with Crippen LogP contribution in [0.3, 0.4) is 0 Å². The second-order valence-corrected chi connectivity index (χ2v) is 2.24. The second kappa shape index (κ2) is 76.8. The summed E-state index contributed by atoms with van der Waals surface area (Å²) in [7, 11) is 0. The minimum Gasteiger partial charge on any atom is -0.356 e. The van der Waals surface area contributed by atoms with Crippen LogP contribution in [0.5, 0.6) is 0 Å². The Hall–Kier alpha value is -4.55. The molecule has 0 spiro atoms. The van der Waals surface area contributed by atoms with Gasteiger partial charge in [-0.3, -0.25) is 0 Å². The fourth-order valence-electron chi connectivity index (χ4n) is 0. The molecule has 0 unspecified atom stereocenters. The van der Waals surface area contributed by atoms with Crippen molar-refractivity contribution in [2.45, 2.75) is 0 Å². The van der Waals surface area contributed by atoms with Crippen molar-refractivity contribution in [3.8, 4) is 0 Å². The molecule has 0 saturated carbocycles. The Balaban J connectivity index is -0.0000000210. The topological polar surface area (TPSA) is 662 Å². The molecular weight excluding hydrogens is 990 g/mol. The molecule has 0 aromatic carbocycles. The maximum atomic E-state index is 8.25. The first-order valence-electron chi connectivity index (χ1n) is 5.48. The summed E-state index contributed by atoms with van der Waals surface area (Å²) in [5.74, 6) is 0. The molecule has 0 saturated heterocycles. The molecular formula is CeLaN10O30Zr. The first-order chi connectivity index (χ1) is 17.3. The molecule has 241 valence electrons. The maximum Gasteiger partial charge on any atom is 4.00 e. The normalized spacial score (nSPS) is 5.58. The summed E-state index contributed by atoms with van der Waals surface area (Å²) in [4.78, 5) is 82.5. The van der Waals surface area contributed by atoms with E-state index in [1.807, 2.05) is 0 Å². The van der Waals surface area contributed by atoms with E-state index in [2.05, 4.69) is 0 Å². The molecule has 0 aromatic heterocycles. The van der Waals surface area contributed by atoms with Crippen molar-refractivity contribution in [2.24, 2.45) is 0 Å². The SMILES string of the molecule is O=[N+]([O-])[O-].O=[N+]([O-])[O-].O=[N+]([O-])[O-].O=[N+]([O-])[O-].O=[N+]([O-])[O-].O=[N+]([O-])[O-].O=[N+]([O-])[O-].O=[N+]([O-])[O-].O=[N+]([O-])[O-].O=[N+]([O-])[O-].[Ce+3].[La+3].[Zr+4]. The van der Waals surface area contributed by atoms with Crippen LogP contribution in [-0.4, -0.2) is 50.9 Å². The van der Waals surface area contributed by atoms with E-state index in [0.29, 0.717) is 0 Å². The molecule has 40 nitrogen and oxygen atoms in total. The molecule has 0 bridgehead atoms. The van der Waals surface area contributed by atoms with Gasteiger partial charge in [0.05, 0.1) is 50.9 Å². The summed E-state index contributed by atoms with van der Waals surface area (Å²) < 4.78 is 0. The molecule has 0 amide bonds. The summed E-state index contributed by atoms with van der Waals surface area (Å²) >= 11 is 0. The second-order valence-electron chi connectivity index (χ2n) is 2.24. The predicted molar refractivity (Wildman–Crippen MR) is 104 cm³/mol. The first kappa shape index (κ1) is 83.3. The van der Waals surface area contributed by atoms with Crippen LogP contribution in [-0.2, 0) is 26.2 Å². The smallest absolute Gasteiger partial charge is 0.356 e. The van der Waals surface area contributed by atoms with E-state index in [1.54, 1.807) is 0 Å². The molecule has 0 aliphatic heterocycles. The van der Waals surface area contributed by atoms with E-state index in [0.717, 1.165) is 0 Å². The molecule has 0 heterocycles. The van der Waals surface area contributed by atoms with Crippen molar-refractivity contribution in [1.82, 2.24) is 0 Å². The molecule has 0 atom stereocenters. The molecule has 0 fully saturated rings. The van der Waals surface area contributed by atoms with Crippen molar-refractivity contribution in [3.63, 3.8) is 0 Å². The Morgan fingerprint density at radius 1 is 0.209 bits per heavy atom. The Bertz CT molecular complexity index is 482. The van der Waals surface area contributed by atoms with Gasteiger partial charge in [-0.25, -0.2) is 0 Å². The molecule has 0 aromatic rings. The molecule has 0 N–H and O–H groups in total. The van der Waals surface area contributed by atoms with E-state index >= 15 is 0 Å². The Labute approximate surface area is 305 Å². The van der Waals surface area contributed by atoms with Crippen molar-refractivity contribution in [3.05, 3.63) is 153 Å². The summed E-state index contributed by atoms with van der Waals surface area (Å²) in [6.07, 6.45) is 0. The summed E-state index contributed by atoms with van der Waals surface area (Å²) in [6, 6.07) is 0. The van der Waals surface area contributed by atoms with Crippen LogP contribution in [0.4, 0.5) is 0 Å². The van der Waals surface area contributed by atoms with E-state index in [4.69, 9.17) is 153 Å². The molecule has 1 radical (unpaired) electrons. The Morgan fingerprint density at radius 2 is 0.209 bits per heavy atom. The van der Waals surface area contributed by atoms with Crippen LogP contribution >= 0.6 is 0 Å². The van der Waals surface area contributed by atoms with E-state index in [-0.39, 0.29) is 104 Å². The number of hydrogen-bond acceptors (Lipinski definition) is 30. The summed E-state index contributed by atoms with van der Waals surface area (Å²) in [6.45, 7) is 0. The van der Waals surface area contributed by atoms with Crippen molar-refractivity contribution in [2.75, 3.05) is 0 Å². The zero-order valence-electron chi connectivity index (χ0n) is 18.3. The molecule has 0 aliphatic rings.